The molecule has 0 saturated carbocycles. The van der Waals surface area contributed by atoms with E-state index in [0.717, 1.165) is 22.8 Å². The van der Waals surface area contributed by atoms with Gasteiger partial charge in [-0.25, -0.2) is 0 Å². The molecule has 1 atom stereocenters. The third kappa shape index (κ3) is 4.00. The van der Waals surface area contributed by atoms with Gasteiger partial charge in [0.25, 0.3) is 0 Å². The van der Waals surface area contributed by atoms with Crippen LogP contribution < -0.4 is 14.8 Å². The highest BCUT2D eigenvalue weighted by atomic mass is 16.7. The highest BCUT2D eigenvalue weighted by Gasteiger charge is 2.13. The zero-order valence-electron chi connectivity index (χ0n) is 12.2. The molecule has 1 aliphatic rings. The van der Waals surface area contributed by atoms with Crippen LogP contribution in [0.1, 0.15) is 11.3 Å². The summed E-state index contributed by atoms with van der Waals surface area (Å²) in [5.41, 5.74) is 0.986. The van der Waals surface area contributed by atoms with Gasteiger partial charge in [0.2, 0.25) is 6.79 Å². The number of nitrogens with one attached hydrogen (secondary N) is 1. The Bertz CT molecular complexity index is 584. The molecule has 3 rings (SSSR count). The molecule has 1 aromatic carbocycles. The van der Waals surface area contributed by atoms with Gasteiger partial charge in [-0.1, -0.05) is 6.07 Å². The van der Waals surface area contributed by atoms with Crippen molar-refractivity contribution in [2.75, 3.05) is 19.9 Å². The number of furan rings is 1. The van der Waals surface area contributed by atoms with E-state index in [0.29, 0.717) is 19.7 Å². The van der Waals surface area contributed by atoms with Gasteiger partial charge in [-0.15, -0.1) is 0 Å². The van der Waals surface area contributed by atoms with Crippen LogP contribution in [0.3, 0.4) is 0 Å². The van der Waals surface area contributed by atoms with Crippen LogP contribution in [0.15, 0.2) is 41.0 Å². The lowest BCUT2D eigenvalue weighted by Gasteiger charge is -2.12. The van der Waals surface area contributed by atoms with Crippen LogP contribution in [0.5, 0.6) is 11.5 Å². The van der Waals surface area contributed by atoms with E-state index in [9.17, 15) is 5.11 Å². The predicted octanol–water partition coefficient (Wildman–Crippen LogP) is 1.68. The molecule has 0 unspecified atom stereocenters. The molecule has 0 amide bonds. The second-order valence-corrected chi connectivity index (χ2v) is 5.07. The topological polar surface area (TPSA) is 73.1 Å². The third-order valence-electron chi connectivity index (χ3n) is 3.28. The average Bonchev–Trinajstić information content (AvgIpc) is 3.17. The van der Waals surface area contributed by atoms with E-state index in [1.165, 1.54) is 0 Å². The van der Waals surface area contributed by atoms with Crippen LogP contribution in [0, 0.1) is 0 Å². The Kier molecular flexibility index (Phi) is 4.95. The number of rotatable bonds is 8. The smallest absolute Gasteiger partial charge is 0.231 e. The number of hydrogen-bond acceptors (Lipinski definition) is 6. The molecule has 2 N–H and O–H groups in total. The van der Waals surface area contributed by atoms with Crippen LogP contribution in [0.25, 0.3) is 0 Å². The van der Waals surface area contributed by atoms with E-state index in [2.05, 4.69) is 5.32 Å². The molecule has 0 aliphatic carbocycles. The maximum atomic E-state index is 9.85. The van der Waals surface area contributed by atoms with Crippen molar-refractivity contribution < 1.29 is 23.7 Å². The van der Waals surface area contributed by atoms with Gasteiger partial charge in [0.1, 0.15) is 5.76 Å². The van der Waals surface area contributed by atoms with Crippen molar-refractivity contribution in [1.82, 2.24) is 5.32 Å². The second kappa shape index (κ2) is 7.31. The number of aliphatic hydroxyl groups excluding tert-OH is 1. The SMILES string of the molecule is O[C@H](CNCc1ccco1)COCc1ccc2c(c1)OCO2. The van der Waals surface area contributed by atoms with E-state index in [-0.39, 0.29) is 13.4 Å². The van der Waals surface area contributed by atoms with Crippen molar-refractivity contribution in [3.05, 3.63) is 47.9 Å². The van der Waals surface area contributed by atoms with Crippen LogP contribution in [0.2, 0.25) is 0 Å². The number of benzene rings is 1. The maximum Gasteiger partial charge on any atom is 0.231 e. The summed E-state index contributed by atoms with van der Waals surface area (Å²) in [6.45, 7) is 1.99. The summed E-state index contributed by atoms with van der Waals surface area (Å²) in [6.07, 6.45) is 1.06. The van der Waals surface area contributed by atoms with Crippen LogP contribution in [-0.4, -0.2) is 31.2 Å². The van der Waals surface area contributed by atoms with Gasteiger partial charge in [0.15, 0.2) is 11.5 Å². The highest BCUT2D eigenvalue weighted by Crippen LogP contribution is 2.32. The number of ether oxygens (including phenoxy) is 3. The Morgan fingerprint density at radius 1 is 1.23 bits per heavy atom. The van der Waals surface area contributed by atoms with Crippen molar-refractivity contribution in [3.8, 4) is 11.5 Å². The van der Waals surface area contributed by atoms with E-state index in [1.54, 1.807) is 6.26 Å². The predicted molar refractivity (Wildman–Crippen MR) is 78.6 cm³/mol. The summed E-state index contributed by atoms with van der Waals surface area (Å²) in [6, 6.07) is 9.40. The maximum absolute atomic E-state index is 9.85. The summed E-state index contributed by atoms with van der Waals surface area (Å²) < 4.78 is 21.3. The summed E-state index contributed by atoms with van der Waals surface area (Å²) in [5, 5.41) is 13.0. The molecule has 0 spiro atoms. The van der Waals surface area contributed by atoms with E-state index >= 15 is 0 Å². The van der Waals surface area contributed by atoms with Gasteiger partial charge < -0.3 is 29.1 Å². The zero-order chi connectivity index (χ0) is 15.2. The molecule has 6 nitrogen and oxygen atoms in total. The first-order valence-electron chi connectivity index (χ1n) is 7.19. The lowest BCUT2D eigenvalue weighted by Crippen LogP contribution is -2.29. The molecule has 0 fully saturated rings. The van der Waals surface area contributed by atoms with Crippen molar-refractivity contribution in [3.63, 3.8) is 0 Å². The molecule has 6 heteroatoms. The second-order valence-electron chi connectivity index (χ2n) is 5.07. The Hall–Kier alpha value is -2.02. The minimum atomic E-state index is -0.566. The quantitative estimate of drug-likeness (QED) is 0.773. The van der Waals surface area contributed by atoms with Crippen LogP contribution in [0.4, 0.5) is 0 Å². The molecular weight excluding hydrogens is 286 g/mol. The van der Waals surface area contributed by atoms with Crippen molar-refractivity contribution >= 4 is 0 Å². The van der Waals surface area contributed by atoms with Gasteiger partial charge in [0, 0.05) is 6.54 Å². The molecule has 0 bridgehead atoms. The first kappa shape index (κ1) is 14.9. The zero-order valence-corrected chi connectivity index (χ0v) is 12.2. The van der Waals surface area contributed by atoms with E-state index in [1.807, 2.05) is 30.3 Å². The molecule has 0 saturated heterocycles. The Balaban J connectivity index is 1.34. The summed E-state index contributed by atoms with van der Waals surface area (Å²) in [5.74, 6) is 2.33. The molecule has 0 radical (unpaired) electrons. The largest absolute Gasteiger partial charge is 0.468 e. The summed E-state index contributed by atoms with van der Waals surface area (Å²) in [7, 11) is 0. The minimum Gasteiger partial charge on any atom is -0.468 e. The summed E-state index contributed by atoms with van der Waals surface area (Å²) in [4.78, 5) is 0. The normalized spacial score (nSPS) is 14.2. The molecule has 2 aromatic rings. The van der Waals surface area contributed by atoms with Gasteiger partial charge in [0.05, 0.1) is 32.1 Å². The standard InChI is InChI=1S/C16H19NO5/c18-13(7-17-8-14-2-1-5-20-14)10-19-9-12-3-4-15-16(6-12)22-11-21-15/h1-6,13,17-18H,7-11H2/t13-/m1/s1. The Morgan fingerprint density at radius 2 is 2.14 bits per heavy atom. The third-order valence-corrected chi connectivity index (χ3v) is 3.28. The molecule has 1 aliphatic heterocycles. The average molecular weight is 305 g/mol. The molecule has 2 heterocycles. The monoisotopic (exact) mass is 305 g/mol. The van der Waals surface area contributed by atoms with Crippen LogP contribution >= 0.6 is 0 Å². The van der Waals surface area contributed by atoms with Gasteiger partial charge in [-0.3, -0.25) is 0 Å². The lowest BCUT2D eigenvalue weighted by atomic mass is 10.2. The van der Waals surface area contributed by atoms with Crippen LogP contribution in [-0.2, 0) is 17.9 Å². The molecule has 22 heavy (non-hydrogen) atoms. The molecule has 118 valence electrons. The van der Waals surface area contributed by atoms with Gasteiger partial charge >= 0.3 is 0 Å². The first-order chi connectivity index (χ1) is 10.8. The van der Waals surface area contributed by atoms with E-state index < -0.39 is 6.10 Å². The number of fused-ring (bicyclic) bond motifs is 1. The van der Waals surface area contributed by atoms with Crippen molar-refractivity contribution in [1.29, 1.82) is 0 Å². The summed E-state index contributed by atoms with van der Waals surface area (Å²) >= 11 is 0. The molecular formula is C16H19NO5. The number of hydrogen-bond donors (Lipinski definition) is 2. The molecule has 1 aromatic heterocycles. The fourth-order valence-corrected chi connectivity index (χ4v) is 2.18. The minimum absolute atomic E-state index is 0.263. The van der Waals surface area contributed by atoms with Gasteiger partial charge in [-0.2, -0.15) is 0 Å². The van der Waals surface area contributed by atoms with Crippen molar-refractivity contribution in [2.45, 2.75) is 19.3 Å². The number of aliphatic hydroxyl groups is 1. The fourth-order valence-electron chi connectivity index (χ4n) is 2.18. The first-order valence-corrected chi connectivity index (χ1v) is 7.19. The Morgan fingerprint density at radius 3 is 3.00 bits per heavy atom. The lowest BCUT2D eigenvalue weighted by molar-refractivity contribution is 0.0285. The Labute approximate surface area is 128 Å². The van der Waals surface area contributed by atoms with E-state index in [4.69, 9.17) is 18.6 Å². The fraction of sp³-hybridized carbons (Fsp3) is 0.375. The van der Waals surface area contributed by atoms with Crippen molar-refractivity contribution in [2.24, 2.45) is 0 Å². The van der Waals surface area contributed by atoms with Gasteiger partial charge in [-0.05, 0) is 29.8 Å². The highest BCUT2D eigenvalue weighted by molar-refractivity contribution is 5.44.